The molecule has 124 valence electrons. The first-order valence-corrected chi connectivity index (χ1v) is 7.21. The van der Waals surface area contributed by atoms with Gasteiger partial charge in [0.2, 0.25) is 0 Å². The third-order valence-electron chi connectivity index (χ3n) is 3.76. The molecule has 2 aromatic carbocycles. The monoisotopic (exact) mass is 328 g/mol. The molecule has 0 aliphatic rings. The summed E-state index contributed by atoms with van der Waals surface area (Å²) in [6.45, 7) is -0.231. The zero-order valence-corrected chi connectivity index (χ0v) is 13.2. The Morgan fingerprint density at radius 3 is 2.58 bits per heavy atom. The number of aliphatic hydroxyl groups is 1. The maximum Gasteiger partial charge on any atom is 0.340 e. The fraction of sp³-hybridized carbons (Fsp3) is 0.167. The van der Waals surface area contributed by atoms with E-state index in [4.69, 9.17) is 13.9 Å². The zero-order valence-electron chi connectivity index (χ0n) is 13.2. The number of benzene rings is 2. The minimum absolute atomic E-state index is 0.0202. The van der Waals surface area contributed by atoms with Crippen molar-refractivity contribution in [2.45, 2.75) is 6.61 Å². The molecule has 24 heavy (non-hydrogen) atoms. The number of hydrogen-bond donors (Lipinski definition) is 2. The largest absolute Gasteiger partial charge is 0.497 e. The molecule has 0 radical (unpaired) electrons. The van der Waals surface area contributed by atoms with E-state index in [1.807, 2.05) is 0 Å². The van der Waals surface area contributed by atoms with Crippen LogP contribution in [0.3, 0.4) is 0 Å². The average Bonchev–Trinajstić information content (AvgIpc) is 3.00. The summed E-state index contributed by atoms with van der Waals surface area (Å²) in [5.41, 5.74) is 1.46. The van der Waals surface area contributed by atoms with E-state index in [9.17, 15) is 15.0 Å². The average molecular weight is 328 g/mol. The molecular weight excluding hydrogens is 312 g/mol. The van der Waals surface area contributed by atoms with Gasteiger partial charge in [0.15, 0.2) is 11.3 Å². The maximum atomic E-state index is 11.8. The van der Waals surface area contributed by atoms with Crippen LogP contribution in [-0.2, 0) is 6.61 Å². The second kappa shape index (κ2) is 6.25. The fourth-order valence-corrected chi connectivity index (χ4v) is 2.65. The van der Waals surface area contributed by atoms with Crippen molar-refractivity contribution in [2.24, 2.45) is 0 Å². The lowest BCUT2D eigenvalue weighted by Crippen LogP contribution is -1.98. The molecule has 3 rings (SSSR count). The van der Waals surface area contributed by atoms with Gasteiger partial charge in [-0.15, -0.1) is 0 Å². The second-order valence-electron chi connectivity index (χ2n) is 5.18. The number of fused-ring (bicyclic) bond motifs is 1. The summed E-state index contributed by atoms with van der Waals surface area (Å²) in [4.78, 5) is 11.8. The van der Waals surface area contributed by atoms with Gasteiger partial charge in [0.25, 0.3) is 0 Å². The zero-order chi connectivity index (χ0) is 17.3. The molecule has 0 saturated carbocycles. The Kier molecular flexibility index (Phi) is 4.14. The predicted octanol–water partition coefficient (Wildman–Crippen LogP) is 3.31. The van der Waals surface area contributed by atoms with Crippen molar-refractivity contribution < 1.29 is 28.9 Å². The van der Waals surface area contributed by atoms with Crippen LogP contribution < -0.4 is 9.47 Å². The quantitative estimate of drug-likeness (QED) is 0.747. The van der Waals surface area contributed by atoms with E-state index in [0.717, 1.165) is 0 Å². The molecule has 0 fully saturated rings. The molecule has 6 nitrogen and oxygen atoms in total. The van der Waals surface area contributed by atoms with Gasteiger partial charge in [-0.25, -0.2) is 4.79 Å². The molecular formula is C18H16O6. The van der Waals surface area contributed by atoms with Gasteiger partial charge in [0, 0.05) is 10.9 Å². The van der Waals surface area contributed by atoms with Crippen molar-refractivity contribution in [3.63, 3.8) is 0 Å². The topological polar surface area (TPSA) is 89.1 Å². The summed E-state index contributed by atoms with van der Waals surface area (Å²) in [6, 6.07) is 10.2. The lowest BCUT2D eigenvalue weighted by molar-refractivity contribution is 0.0699. The maximum absolute atomic E-state index is 11.8. The number of methoxy groups -OCH3 is 2. The normalized spacial score (nSPS) is 10.8. The van der Waals surface area contributed by atoms with Gasteiger partial charge in [-0.2, -0.15) is 0 Å². The molecule has 0 bridgehead atoms. The molecule has 1 heterocycles. The number of carbonyl (C=O) groups is 1. The SMILES string of the molecule is COc1cccc(-c2oc3c(OC)cc(CO)cc3c2C(=O)O)c1. The number of furan rings is 1. The number of aliphatic hydroxyl groups excluding tert-OH is 1. The Balaban J connectivity index is 2.35. The van der Waals surface area contributed by atoms with Gasteiger partial charge in [-0.1, -0.05) is 12.1 Å². The smallest absolute Gasteiger partial charge is 0.340 e. The Morgan fingerprint density at radius 1 is 1.17 bits per heavy atom. The number of rotatable bonds is 5. The van der Waals surface area contributed by atoms with Crippen molar-refractivity contribution in [2.75, 3.05) is 14.2 Å². The van der Waals surface area contributed by atoms with Crippen LogP contribution in [0.2, 0.25) is 0 Å². The molecule has 0 unspecified atom stereocenters. The molecule has 0 spiro atoms. The molecule has 0 amide bonds. The van der Waals surface area contributed by atoms with Crippen LogP contribution in [-0.4, -0.2) is 30.4 Å². The van der Waals surface area contributed by atoms with E-state index >= 15 is 0 Å². The molecule has 6 heteroatoms. The Morgan fingerprint density at radius 2 is 1.96 bits per heavy atom. The predicted molar refractivity (Wildman–Crippen MR) is 87.6 cm³/mol. The molecule has 3 aromatic rings. The minimum Gasteiger partial charge on any atom is -0.497 e. The van der Waals surface area contributed by atoms with Gasteiger partial charge in [-0.3, -0.25) is 0 Å². The number of aromatic carboxylic acids is 1. The van der Waals surface area contributed by atoms with Crippen LogP contribution in [0.25, 0.3) is 22.3 Å². The number of carboxylic acid groups (broad SMARTS) is 1. The molecule has 0 aliphatic carbocycles. The second-order valence-corrected chi connectivity index (χ2v) is 5.18. The highest BCUT2D eigenvalue weighted by atomic mass is 16.5. The van der Waals surface area contributed by atoms with Crippen molar-refractivity contribution in [1.29, 1.82) is 0 Å². The summed E-state index contributed by atoms with van der Waals surface area (Å²) in [6.07, 6.45) is 0. The molecule has 1 aromatic heterocycles. The van der Waals surface area contributed by atoms with Gasteiger partial charge < -0.3 is 24.1 Å². The standard InChI is InChI=1S/C18H16O6/c1-22-12-5-3-4-11(8-12)16-15(18(20)21)13-6-10(9-19)7-14(23-2)17(13)24-16/h3-8,19H,9H2,1-2H3,(H,20,21). The number of carboxylic acids is 1. The van der Waals surface area contributed by atoms with Gasteiger partial charge in [0.1, 0.15) is 17.1 Å². The Labute approximate surface area is 137 Å². The van der Waals surface area contributed by atoms with E-state index < -0.39 is 5.97 Å². The highest BCUT2D eigenvalue weighted by Gasteiger charge is 2.24. The van der Waals surface area contributed by atoms with Gasteiger partial charge >= 0.3 is 5.97 Å². The van der Waals surface area contributed by atoms with E-state index in [2.05, 4.69) is 0 Å². The molecule has 0 atom stereocenters. The lowest BCUT2D eigenvalue weighted by atomic mass is 10.0. The minimum atomic E-state index is -1.12. The van der Waals surface area contributed by atoms with Crippen molar-refractivity contribution in [3.8, 4) is 22.8 Å². The molecule has 0 aliphatic heterocycles. The third-order valence-corrected chi connectivity index (χ3v) is 3.76. The van der Waals surface area contributed by atoms with E-state index in [1.54, 1.807) is 36.4 Å². The highest BCUT2D eigenvalue weighted by Crippen LogP contribution is 2.39. The van der Waals surface area contributed by atoms with Crippen LogP contribution >= 0.6 is 0 Å². The van der Waals surface area contributed by atoms with Crippen molar-refractivity contribution in [1.82, 2.24) is 0 Å². The summed E-state index contributed by atoms with van der Waals surface area (Å²) in [5, 5.41) is 19.4. The Hall–Kier alpha value is -2.99. The first-order chi connectivity index (χ1) is 11.6. The molecule has 2 N–H and O–H groups in total. The summed E-state index contributed by atoms with van der Waals surface area (Å²) >= 11 is 0. The first kappa shape index (κ1) is 15.9. The van der Waals surface area contributed by atoms with Crippen molar-refractivity contribution in [3.05, 3.63) is 47.5 Å². The van der Waals surface area contributed by atoms with Crippen LogP contribution in [0.5, 0.6) is 11.5 Å². The lowest BCUT2D eigenvalue weighted by Gasteiger charge is -2.03. The number of ether oxygens (including phenoxy) is 2. The summed E-state index contributed by atoms with van der Waals surface area (Å²) in [5.74, 6) is 0.0500. The van der Waals surface area contributed by atoms with Crippen molar-refractivity contribution >= 4 is 16.9 Å². The Bertz CT molecular complexity index is 909. The van der Waals surface area contributed by atoms with Crippen LogP contribution in [0, 0.1) is 0 Å². The first-order valence-electron chi connectivity index (χ1n) is 7.21. The van der Waals surface area contributed by atoms with Gasteiger partial charge in [0.05, 0.1) is 20.8 Å². The summed E-state index contributed by atoms with van der Waals surface area (Å²) in [7, 11) is 3.00. The fourth-order valence-electron chi connectivity index (χ4n) is 2.65. The van der Waals surface area contributed by atoms with Crippen LogP contribution in [0.1, 0.15) is 15.9 Å². The summed E-state index contributed by atoms with van der Waals surface area (Å²) < 4.78 is 16.3. The van der Waals surface area contributed by atoms with Crippen LogP contribution in [0.15, 0.2) is 40.8 Å². The number of hydrogen-bond acceptors (Lipinski definition) is 5. The third kappa shape index (κ3) is 2.57. The van der Waals surface area contributed by atoms with E-state index in [0.29, 0.717) is 33.6 Å². The van der Waals surface area contributed by atoms with Crippen LogP contribution in [0.4, 0.5) is 0 Å². The van der Waals surface area contributed by atoms with E-state index in [1.165, 1.54) is 14.2 Å². The highest BCUT2D eigenvalue weighted by molar-refractivity contribution is 6.09. The van der Waals surface area contributed by atoms with E-state index in [-0.39, 0.29) is 17.9 Å². The molecule has 0 saturated heterocycles. The van der Waals surface area contributed by atoms with Gasteiger partial charge in [-0.05, 0) is 29.8 Å².